The van der Waals surface area contributed by atoms with E-state index in [0.717, 1.165) is 12.8 Å². The van der Waals surface area contributed by atoms with E-state index in [-0.39, 0.29) is 17.8 Å². The number of imidazole rings is 1. The summed E-state index contributed by atoms with van der Waals surface area (Å²) >= 11 is 0. The summed E-state index contributed by atoms with van der Waals surface area (Å²) in [6.45, 7) is 6.37. The van der Waals surface area contributed by atoms with Crippen molar-refractivity contribution in [3.63, 3.8) is 0 Å². The highest BCUT2D eigenvalue weighted by molar-refractivity contribution is 5.69. The van der Waals surface area contributed by atoms with E-state index in [9.17, 15) is 9.59 Å². The van der Waals surface area contributed by atoms with Gasteiger partial charge < -0.3 is 10.3 Å². The summed E-state index contributed by atoms with van der Waals surface area (Å²) in [5.74, 6) is 0. The Morgan fingerprint density at radius 1 is 1.29 bits per heavy atom. The molecule has 0 unspecified atom stereocenters. The van der Waals surface area contributed by atoms with Crippen molar-refractivity contribution < 1.29 is 0 Å². The van der Waals surface area contributed by atoms with Crippen molar-refractivity contribution in [2.75, 3.05) is 0 Å². The molecule has 116 valence electrons. The number of unbranched alkanes of at least 4 members (excludes halogenated alkanes) is 1. The quantitative estimate of drug-likeness (QED) is 0.866. The van der Waals surface area contributed by atoms with Crippen LogP contribution < -0.4 is 17.0 Å². The normalized spacial score (nSPS) is 12.2. The molecule has 2 aromatic rings. The van der Waals surface area contributed by atoms with E-state index in [1.165, 1.54) is 4.57 Å². The van der Waals surface area contributed by atoms with Gasteiger partial charge in [0.15, 0.2) is 11.2 Å². The van der Waals surface area contributed by atoms with Crippen LogP contribution in [0.25, 0.3) is 11.2 Å². The second-order valence-corrected chi connectivity index (χ2v) is 6.20. The summed E-state index contributed by atoms with van der Waals surface area (Å²) in [5.41, 5.74) is 5.57. The highest BCUT2D eigenvalue weighted by atomic mass is 16.2. The molecule has 0 aliphatic heterocycles. The van der Waals surface area contributed by atoms with Crippen LogP contribution in [0.3, 0.4) is 0 Å². The van der Waals surface area contributed by atoms with Gasteiger partial charge in [-0.15, -0.1) is 0 Å². The highest BCUT2D eigenvalue weighted by Crippen LogP contribution is 2.07. The Morgan fingerprint density at radius 2 is 1.95 bits per heavy atom. The largest absolute Gasteiger partial charge is 0.332 e. The standard InChI is InChI=1S/C14H23N5O2/c1-5-6-7-18-11-10(17(4)9-16-11)12(20)19(13(18)21)8-14(2,3)15/h9H,5-8,15H2,1-4H3. The van der Waals surface area contributed by atoms with Crippen molar-refractivity contribution >= 4 is 11.2 Å². The predicted molar refractivity (Wildman–Crippen MR) is 82.4 cm³/mol. The molecule has 0 aliphatic carbocycles. The van der Waals surface area contributed by atoms with Crippen LogP contribution in [0.15, 0.2) is 15.9 Å². The number of hydrogen-bond acceptors (Lipinski definition) is 4. The number of hydrogen-bond donors (Lipinski definition) is 1. The molecule has 0 radical (unpaired) electrons. The van der Waals surface area contributed by atoms with Crippen molar-refractivity contribution in [3.8, 4) is 0 Å². The van der Waals surface area contributed by atoms with Crippen molar-refractivity contribution in [3.05, 3.63) is 27.2 Å². The topological polar surface area (TPSA) is 87.8 Å². The number of nitrogens with zero attached hydrogens (tertiary/aromatic N) is 4. The second-order valence-electron chi connectivity index (χ2n) is 6.20. The molecule has 0 aromatic carbocycles. The Labute approximate surface area is 123 Å². The third-order valence-electron chi connectivity index (χ3n) is 3.38. The first-order valence-corrected chi connectivity index (χ1v) is 7.20. The SMILES string of the molecule is CCCCn1c(=O)n(CC(C)(C)N)c(=O)c2c1ncn2C. The number of aromatic nitrogens is 4. The van der Waals surface area contributed by atoms with Gasteiger partial charge in [0.1, 0.15) is 0 Å². The van der Waals surface area contributed by atoms with E-state index in [1.807, 2.05) is 0 Å². The molecule has 2 aromatic heterocycles. The fourth-order valence-electron chi connectivity index (χ4n) is 2.38. The summed E-state index contributed by atoms with van der Waals surface area (Å²) in [6, 6.07) is 0. The molecule has 0 aliphatic rings. The van der Waals surface area contributed by atoms with Crippen molar-refractivity contribution in [1.29, 1.82) is 0 Å². The van der Waals surface area contributed by atoms with Crippen molar-refractivity contribution in [1.82, 2.24) is 18.7 Å². The second kappa shape index (κ2) is 5.48. The summed E-state index contributed by atoms with van der Waals surface area (Å²) in [6.07, 6.45) is 3.38. The average molecular weight is 293 g/mol. The summed E-state index contributed by atoms with van der Waals surface area (Å²) in [4.78, 5) is 29.4. The first kappa shape index (κ1) is 15.5. The van der Waals surface area contributed by atoms with Gasteiger partial charge >= 0.3 is 5.69 Å². The maximum atomic E-state index is 12.6. The lowest BCUT2D eigenvalue weighted by Gasteiger charge is -2.20. The minimum absolute atomic E-state index is 0.178. The molecular formula is C14H23N5O2. The highest BCUT2D eigenvalue weighted by Gasteiger charge is 2.20. The first-order chi connectivity index (χ1) is 9.76. The van der Waals surface area contributed by atoms with Gasteiger partial charge in [-0.05, 0) is 20.3 Å². The van der Waals surface area contributed by atoms with Crippen LogP contribution in [0.5, 0.6) is 0 Å². The third kappa shape index (κ3) is 2.92. The van der Waals surface area contributed by atoms with Gasteiger partial charge in [-0.2, -0.15) is 0 Å². The van der Waals surface area contributed by atoms with Gasteiger partial charge in [0.25, 0.3) is 5.56 Å². The number of fused-ring (bicyclic) bond motifs is 1. The van der Waals surface area contributed by atoms with Gasteiger partial charge in [-0.1, -0.05) is 13.3 Å². The van der Waals surface area contributed by atoms with E-state index in [0.29, 0.717) is 17.7 Å². The van der Waals surface area contributed by atoms with Crippen LogP contribution in [0.1, 0.15) is 33.6 Å². The lowest BCUT2D eigenvalue weighted by Crippen LogP contribution is -2.48. The Bertz CT molecular complexity index is 760. The summed E-state index contributed by atoms with van der Waals surface area (Å²) in [7, 11) is 1.75. The minimum Gasteiger partial charge on any atom is -0.328 e. The summed E-state index contributed by atoms with van der Waals surface area (Å²) in [5, 5.41) is 0. The lowest BCUT2D eigenvalue weighted by atomic mass is 10.1. The van der Waals surface area contributed by atoms with Crippen molar-refractivity contribution in [2.45, 2.75) is 52.2 Å². The zero-order valence-corrected chi connectivity index (χ0v) is 13.1. The van der Waals surface area contributed by atoms with E-state index in [4.69, 9.17) is 5.73 Å². The molecule has 0 bridgehead atoms. The summed E-state index contributed by atoms with van der Waals surface area (Å²) < 4.78 is 4.45. The Kier molecular flexibility index (Phi) is 4.04. The molecular weight excluding hydrogens is 270 g/mol. The lowest BCUT2D eigenvalue weighted by molar-refractivity contribution is 0.406. The zero-order valence-electron chi connectivity index (χ0n) is 13.1. The maximum Gasteiger partial charge on any atom is 0.332 e. The zero-order chi connectivity index (χ0) is 15.8. The molecule has 2 heterocycles. The number of nitrogens with two attached hydrogens (primary N) is 1. The molecule has 7 heteroatoms. The molecule has 0 spiro atoms. The first-order valence-electron chi connectivity index (χ1n) is 7.20. The number of rotatable bonds is 5. The van der Waals surface area contributed by atoms with E-state index >= 15 is 0 Å². The molecule has 0 fully saturated rings. The molecule has 7 nitrogen and oxygen atoms in total. The molecule has 21 heavy (non-hydrogen) atoms. The fourth-order valence-corrected chi connectivity index (χ4v) is 2.38. The molecule has 0 saturated carbocycles. The Morgan fingerprint density at radius 3 is 2.52 bits per heavy atom. The minimum atomic E-state index is -0.641. The molecule has 0 amide bonds. The van der Waals surface area contributed by atoms with Crippen LogP contribution in [-0.4, -0.2) is 24.2 Å². The fraction of sp³-hybridized carbons (Fsp3) is 0.643. The van der Waals surface area contributed by atoms with Crippen molar-refractivity contribution in [2.24, 2.45) is 12.8 Å². The molecule has 2 N–H and O–H groups in total. The van der Waals surface area contributed by atoms with Crippen LogP contribution in [0.2, 0.25) is 0 Å². The Hall–Kier alpha value is -1.89. The van der Waals surface area contributed by atoms with E-state index in [1.54, 1.807) is 36.4 Å². The predicted octanol–water partition coefficient (Wildman–Crippen LogP) is 0.434. The van der Waals surface area contributed by atoms with Gasteiger partial charge in [0.2, 0.25) is 0 Å². The van der Waals surface area contributed by atoms with Crippen LogP contribution in [0, 0.1) is 0 Å². The van der Waals surface area contributed by atoms with Gasteiger partial charge in [0.05, 0.1) is 6.33 Å². The maximum absolute atomic E-state index is 12.6. The smallest absolute Gasteiger partial charge is 0.328 e. The molecule has 2 rings (SSSR count). The molecule has 0 atom stereocenters. The van der Waals surface area contributed by atoms with Gasteiger partial charge in [-0.25, -0.2) is 9.78 Å². The van der Waals surface area contributed by atoms with Gasteiger partial charge in [0, 0.05) is 25.7 Å². The van der Waals surface area contributed by atoms with Gasteiger partial charge in [-0.3, -0.25) is 13.9 Å². The van der Waals surface area contributed by atoms with Crippen LogP contribution >= 0.6 is 0 Å². The monoisotopic (exact) mass is 293 g/mol. The molecule has 0 saturated heterocycles. The average Bonchev–Trinajstić information content (AvgIpc) is 2.75. The van der Waals surface area contributed by atoms with Crippen LogP contribution in [-0.2, 0) is 20.1 Å². The van der Waals surface area contributed by atoms with Crippen LogP contribution in [0.4, 0.5) is 0 Å². The number of aryl methyl sites for hydroxylation is 2. The third-order valence-corrected chi connectivity index (χ3v) is 3.38. The Balaban J connectivity index is 2.76. The van der Waals surface area contributed by atoms with E-state index in [2.05, 4.69) is 11.9 Å². The van der Waals surface area contributed by atoms with E-state index < -0.39 is 5.54 Å².